The Morgan fingerprint density at radius 3 is 2.52 bits per heavy atom. The van der Waals surface area contributed by atoms with Crippen LogP contribution in [0.25, 0.3) is 6.08 Å². The van der Waals surface area contributed by atoms with Crippen molar-refractivity contribution in [3.63, 3.8) is 0 Å². The number of rotatable bonds is 2. The average Bonchev–Trinajstić information content (AvgIpc) is 2.48. The molecule has 0 spiro atoms. The van der Waals surface area contributed by atoms with Crippen molar-refractivity contribution in [2.24, 2.45) is 0 Å². The second-order valence-corrected chi connectivity index (χ2v) is 6.60. The molecule has 1 aliphatic rings. The summed E-state index contributed by atoms with van der Waals surface area (Å²) in [5, 5.41) is 0. The van der Waals surface area contributed by atoms with E-state index in [2.05, 4.69) is 4.98 Å². The van der Waals surface area contributed by atoms with E-state index in [1.165, 1.54) is 5.57 Å². The van der Waals surface area contributed by atoms with E-state index in [0.29, 0.717) is 30.8 Å². The maximum atomic E-state index is 12.0. The number of likely N-dealkylation sites (tertiary alicyclic amines) is 1. The number of amides is 1. The zero-order valence-corrected chi connectivity index (χ0v) is 13.8. The Kier molecular flexibility index (Phi) is 5.03. The van der Waals surface area contributed by atoms with Crippen LogP contribution in [0.15, 0.2) is 17.7 Å². The molecule has 2 N–H and O–H groups in total. The highest BCUT2D eigenvalue weighted by atomic mass is 16.6. The van der Waals surface area contributed by atoms with Gasteiger partial charge in [-0.2, -0.15) is 0 Å². The van der Waals surface area contributed by atoms with Gasteiger partial charge in [0.25, 0.3) is 0 Å². The normalized spacial score (nSPS) is 15.3. The topological polar surface area (TPSA) is 85.5 Å². The minimum Gasteiger partial charge on any atom is -0.444 e. The van der Waals surface area contributed by atoms with Crippen molar-refractivity contribution < 1.29 is 14.3 Å². The largest absolute Gasteiger partial charge is 0.444 e. The lowest BCUT2D eigenvalue weighted by Crippen LogP contribution is -2.40. The molecular weight excluding hydrogens is 294 g/mol. The van der Waals surface area contributed by atoms with Gasteiger partial charge in [0.2, 0.25) is 0 Å². The molecule has 0 aliphatic carbocycles. The van der Waals surface area contributed by atoms with E-state index in [9.17, 15) is 9.59 Å². The van der Waals surface area contributed by atoms with Crippen molar-refractivity contribution in [3.05, 3.63) is 29.1 Å². The van der Waals surface area contributed by atoms with Crippen molar-refractivity contribution in [2.45, 2.75) is 39.2 Å². The van der Waals surface area contributed by atoms with Crippen LogP contribution in [0.4, 0.5) is 10.5 Å². The summed E-state index contributed by atoms with van der Waals surface area (Å²) in [6, 6.07) is 3.47. The summed E-state index contributed by atoms with van der Waals surface area (Å²) in [6.45, 7) is 6.82. The maximum Gasteiger partial charge on any atom is 0.410 e. The SMILES string of the molecule is CC(C)(C)OC(=O)N1CCC(=Cc2ccc(N)c(C=O)n2)CC1. The summed E-state index contributed by atoms with van der Waals surface area (Å²) < 4.78 is 5.38. The third-order valence-electron chi connectivity index (χ3n) is 3.50. The Hall–Kier alpha value is -2.37. The third kappa shape index (κ3) is 4.81. The maximum absolute atomic E-state index is 12.0. The molecule has 1 aromatic heterocycles. The molecule has 1 fully saturated rings. The molecule has 0 saturated carbocycles. The number of aromatic nitrogens is 1. The van der Waals surface area contributed by atoms with Gasteiger partial charge < -0.3 is 15.4 Å². The van der Waals surface area contributed by atoms with Gasteiger partial charge in [-0.15, -0.1) is 0 Å². The Morgan fingerprint density at radius 1 is 1.30 bits per heavy atom. The fraction of sp³-hybridized carbons (Fsp3) is 0.471. The Balaban J connectivity index is 1.99. The predicted molar refractivity (Wildman–Crippen MR) is 89.1 cm³/mol. The number of piperidine rings is 1. The number of anilines is 1. The fourth-order valence-corrected chi connectivity index (χ4v) is 2.33. The van der Waals surface area contributed by atoms with Crippen LogP contribution in [-0.2, 0) is 4.74 Å². The Labute approximate surface area is 136 Å². The second kappa shape index (κ2) is 6.81. The molecule has 2 heterocycles. The van der Waals surface area contributed by atoms with Crippen LogP contribution in [0, 0.1) is 0 Å². The molecule has 2 rings (SSSR count). The van der Waals surface area contributed by atoms with Crippen molar-refractivity contribution >= 4 is 24.1 Å². The highest BCUT2D eigenvalue weighted by molar-refractivity contribution is 5.80. The number of nitrogen functional groups attached to an aromatic ring is 1. The molecule has 6 nitrogen and oxygen atoms in total. The van der Waals surface area contributed by atoms with Crippen molar-refractivity contribution in [1.82, 2.24) is 9.88 Å². The molecule has 0 unspecified atom stereocenters. The van der Waals surface area contributed by atoms with Gasteiger partial charge in [-0.25, -0.2) is 9.78 Å². The van der Waals surface area contributed by atoms with Crippen LogP contribution in [-0.4, -0.2) is 41.0 Å². The summed E-state index contributed by atoms with van der Waals surface area (Å²) in [5.41, 5.74) is 7.72. The zero-order chi connectivity index (χ0) is 17.0. The van der Waals surface area contributed by atoms with Crippen LogP contribution in [0.5, 0.6) is 0 Å². The van der Waals surface area contributed by atoms with Crippen molar-refractivity contribution in [3.8, 4) is 0 Å². The molecule has 124 valence electrons. The first-order chi connectivity index (χ1) is 10.8. The average molecular weight is 317 g/mol. The number of nitrogens with zero attached hydrogens (tertiary/aromatic N) is 2. The Morgan fingerprint density at radius 2 is 1.96 bits per heavy atom. The minimum atomic E-state index is -0.480. The van der Waals surface area contributed by atoms with Gasteiger partial charge in [0.15, 0.2) is 6.29 Å². The van der Waals surface area contributed by atoms with E-state index >= 15 is 0 Å². The monoisotopic (exact) mass is 317 g/mol. The standard InChI is InChI=1S/C17H23N3O3/c1-17(2,3)23-16(22)20-8-6-12(7-9-20)10-13-4-5-14(18)15(11-21)19-13/h4-5,10-11H,6-9,18H2,1-3H3. The van der Waals surface area contributed by atoms with Gasteiger partial charge >= 0.3 is 6.09 Å². The number of ether oxygens (including phenoxy) is 1. The molecule has 1 aliphatic heterocycles. The summed E-state index contributed by atoms with van der Waals surface area (Å²) >= 11 is 0. The highest BCUT2D eigenvalue weighted by Crippen LogP contribution is 2.21. The van der Waals surface area contributed by atoms with E-state index < -0.39 is 5.60 Å². The molecule has 0 radical (unpaired) electrons. The van der Waals surface area contributed by atoms with Crippen LogP contribution >= 0.6 is 0 Å². The van der Waals surface area contributed by atoms with Gasteiger partial charge in [-0.1, -0.05) is 5.57 Å². The fourth-order valence-electron chi connectivity index (χ4n) is 2.33. The van der Waals surface area contributed by atoms with E-state index in [0.717, 1.165) is 12.8 Å². The number of hydrogen-bond acceptors (Lipinski definition) is 5. The molecule has 0 aromatic carbocycles. The number of carbonyl (C=O) groups excluding carboxylic acids is 2. The lowest BCUT2D eigenvalue weighted by Gasteiger charge is -2.31. The van der Waals surface area contributed by atoms with Crippen molar-refractivity contribution in [1.29, 1.82) is 0 Å². The molecule has 23 heavy (non-hydrogen) atoms. The summed E-state index contributed by atoms with van der Waals surface area (Å²) in [6.07, 6.45) is 3.87. The molecule has 0 atom stereocenters. The van der Waals surface area contributed by atoms with Crippen LogP contribution < -0.4 is 5.73 Å². The second-order valence-electron chi connectivity index (χ2n) is 6.60. The molecule has 1 amide bonds. The summed E-state index contributed by atoms with van der Waals surface area (Å²) in [4.78, 5) is 28.8. The van der Waals surface area contributed by atoms with E-state index in [4.69, 9.17) is 10.5 Å². The zero-order valence-electron chi connectivity index (χ0n) is 13.8. The minimum absolute atomic E-state index is 0.255. The number of carbonyl (C=O) groups is 2. The molecule has 1 saturated heterocycles. The molecular formula is C17H23N3O3. The number of nitrogens with two attached hydrogens (primary N) is 1. The molecule has 0 bridgehead atoms. The predicted octanol–water partition coefficient (Wildman–Crippen LogP) is 2.89. The Bertz CT molecular complexity index is 622. The first-order valence-corrected chi connectivity index (χ1v) is 7.67. The van der Waals surface area contributed by atoms with E-state index in [1.807, 2.05) is 26.8 Å². The van der Waals surface area contributed by atoms with E-state index in [1.54, 1.807) is 17.0 Å². The molecule has 1 aromatic rings. The van der Waals surface area contributed by atoms with Gasteiger partial charge in [-0.3, -0.25) is 4.79 Å². The quantitative estimate of drug-likeness (QED) is 0.848. The van der Waals surface area contributed by atoms with Gasteiger partial charge in [0, 0.05) is 13.1 Å². The van der Waals surface area contributed by atoms with Crippen LogP contribution in [0.3, 0.4) is 0 Å². The first-order valence-electron chi connectivity index (χ1n) is 7.67. The number of aldehydes is 1. The van der Waals surface area contributed by atoms with Gasteiger partial charge in [-0.05, 0) is 51.8 Å². The lowest BCUT2D eigenvalue weighted by molar-refractivity contribution is 0.0237. The third-order valence-corrected chi connectivity index (χ3v) is 3.50. The van der Waals surface area contributed by atoms with E-state index in [-0.39, 0.29) is 11.8 Å². The van der Waals surface area contributed by atoms with Crippen molar-refractivity contribution in [2.75, 3.05) is 18.8 Å². The van der Waals surface area contributed by atoms with Gasteiger partial charge in [0.05, 0.1) is 11.4 Å². The summed E-state index contributed by atoms with van der Waals surface area (Å²) in [5.74, 6) is 0. The number of pyridine rings is 1. The van der Waals surface area contributed by atoms with Crippen LogP contribution in [0.2, 0.25) is 0 Å². The number of hydrogen-bond donors (Lipinski definition) is 1. The lowest BCUT2D eigenvalue weighted by atomic mass is 10.0. The summed E-state index contributed by atoms with van der Waals surface area (Å²) in [7, 11) is 0. The first kappa shape index (κ1) is 17.0. The molecule has 6 heteroatoms. The smallest absolute Gasteiger partial charge is 0.410 e. The van der Waals surface area contributed by atoms with Gasteiger partial charge in [0.1, 0.15) is 11.3 Å². The van der Waals surface area contributed by atoms with Crippen LogP contribution in [0.1, 0.15) is 49.8 Å². The highest BCUT2D eigenvalue weighted by Gasteiger charge is 2.24.